The lowest BCUT2D eigenvalue weighted by Gasteiger charge is -2.49. The Kier molecular flexibility index (Phi) is 4.95. The van der Waals surface area contributed by atoms with Crippen molar-refractivity contribution in [3.05, 3.63) is 29.3 Å². The molecule has 0 heterocycles. The maximum absolute atomic E-state index is 6.76. The van der Waals surface area contributed by atoms with Crippen LogP contribution in [0.15, 0.2) is 18.2 Å². The van der Waals surface area contributed by atoms with Crippen LogP contribution in [-0.4, -0.2) is 31.6 Å². The normalized spacial score (nSPS) is 27.7. The van der Waals surface area contributed by atoms with Crippen LogP contribution < -0.4 is 10.5 Å². The number of hydrogen-bond acceptors (Lipinski definition) is 3. The Morgan fingerprint density at radius 3 is 2.38 bits per heavy atom. The summed E-state index contributed by atoms with van der Waals surface area (Å²) in [5.41, 5.74) is 9.31. The molecule has 3 nitrogen and oxygen atoms in total. The SMILES string of the molecule is COc1ccc(C(N)C2(N(C)C)CCC(C)CC2)c(C)c1. The molecule has 0 radical (unpaired) electrons. The summed E-state index contributed by atoms with van der Waals surface area (Å²) in [6.07, 6.45) is 4.88. The zero-order chi connectivity index (χ0) is 15.6. The Bertz CT molecular complexity index is 476. The Hall–Kier alpha value is -1.06. The molecule has 0 aliphatic heterocycles. The summed E-state index contributed by atoms with van der Waals surface area (Å²) in [4.78, 5) is 2.35. The lowest BCUT2D eigenvalue weighted by Crippen LogP contribution is -2.54. The predicted octanol–water partition coefficient (Wildman–Crippen LogP) is 3.51. The molecule has 1 atom stereocenters. The molecule has 2 rings (SSSR count). The molecule has 1 saturated carbocycles. The first kappa shape index (κ1) is 16.3. The predicted molar refractivity (Wildman–Crippen MR) is 88.7 cm³/mol. The minimum atomic E-state index is 0.0471. The van der Waals surface area contributed by atoms with Crippen molar-refractivity contribution in [3.8, 4) is 5.75 Å². The van der Waals surface area contributed by atoms with Crippen LogP contribution in [-0.2, 0) is 0 Å². The van der Waals surface area contributed by atoms with Crippen LogP contribution in [0.1, 0.15) is 49.8 Å². The number of likely N-dealkylation sites (N-methyl/N-ethyl adjacent to an activating group) is 1. The van der Waals surface area contributed by atoms with Gasteiger partial charge >= 0.3 is 0 Å². The fraction of sp³-hybridized carbons (Fsp3) is 0.667. The number of nitrogens with two attached hydrogens (primary N) is 1. The Morgan fingerprint density at radius 2 is 1.90 bits per heavy atom. The molecule has 1 aliphatic carbocycles. The van der Waals surface area contributed by atoms with Gasteiger partial charge in [0, 0.05) is 11.6 Å². The van der Waals surface area contributed by atoms with E-state index in [4.69, 9.17) is 10.5 Å². The van der Waals surface area contributed by atoms with E-state index in [1.807, 2.05) is 6.07 Å². The highest BCUT2D eigenvalue weighted by molar-refractivity contribution is 5.38. The zero-order valence-corrected chi connectivity index (χ0v) is 14.1. The number of aryl methyl sites for hydroxylation is 1. The van der Waals surface area contributed by atoms with E-state index < -0.39 is 0 Å². The third kappa shape index (κ3) is 3.09. The molecular formula is C18H30N2O. The molecule has 0 spiro atoms. The summed E-state index contributed by atoms with van der Waals surface area (Å²) >= 11 is 0. The largest absolute Gasteiger partial charge is 0.497 e. The molecule has 2 N–H and O–H groups in total. The summed E-state index contributed by atoms with van der Waals surface area (Å²) in [7, 11) is 6.06. The van der Waals surface area contributed by atoms with Crippen molar-refractivity contribution in [2.75, 3.05) is 21.2 Å². The topological polar surface area (TPSA) is 38.5 Å². The lowest BCUT2D eigenvalue weighted by atomic mass is 9.70. The van der Waals surface area contributed by atoms with Gasteiger partial charge in [0.05, 0.1) is 7.11 Å². The summed E-state index contributed by atoms with van der Waals surface area (Å²) in [5, 5.41) is 0. The van der Waals surface area contributed by atoms with Gasteiger partial charge in [-0.2, -0.15) is 0 Å². The van der Waals surface area contributed by atoms with Gasteiger partial charge in [-0.05, 0) is 75.9 Å². The number of benzene rings is 1. The first-order valence-electron chi connectivity index (χ1n) is 7.98. The first-order chi connectivity index (χ1) is 9.90. The van der Waals surface area contributed by atoms with Gasteiger partial charge in [-0.15, -0.1) is 0 Å². The lowest BCUT2D eigenvalue weighted by molar-refractivity contribution is 0.0562. The molecule has 0 amide bonds. The number of nitrogens with zero attached hydrogens (tertiary/aromatic N) is 1. The average molecular weight is 290 g/mol. The van der Waals surface area contributed by atoms with Gasteiger partial charge in [0.2, 0.25) is 0 Å². The maximum Gasteiger partial charge on any atom is 0.119 e. The van der Waals surface area contributed by atoms with Gasteiger partial charge < -0.3 is 15.4 Å². The Morgan fingerprint density at radius 1 is 1.29 bits per heavy atom. The number of methoxy groups -OCH3 is 1. The minimum absolute atomic E-state index is 0.0471. The zero-order valence-electron chi connectivity index (χ0n) is 14.1. The number of hydrogen-bond donors (Lipinski definition) is 1. The summed E-state index contributed by atoms with van der Waals surface area (Å²) in [6, 6.07) is 6.30. The first-order valence-corrected chi connectivity index (χ1v) is 7.98. The second kappa shape index (κ2) is 6.37. The van der Waals surface area contributed by atoms with E-state index >= 15 is 0 Å². The molecule has 1 aliphatic rings. The highest BCUT2D eigenvalue weighted by Crippen LogP contribution is 2.43. The Balaban J connectivity index is 2.33. The van der Waals surface area contributed by atoms with E-state index in [2.05, 4.69) is 45.0 Å². The van der Waals surface area contributed by atoms with E-state index in [1.165, 1.54) is 36.8 Å². The summed E-state index contributed by atoms with van der Waals surface area (Å²) in [5.74, 6) is 1.72. The Labute approximate surface area is 129 Å². The van der Waals surface area contributed by atoms with E-state index in [-0.39, 0.29) is 11.6 Å². The van der Waals surface area contributed by atoms with Gasteiger partial charge in [-0.3, -0.25) is 0 Å². The molecule has 1 unspecified atom stereocenters. The highest BCUT2D eigenvalue weighted by atomic mass is 16.5. The van der Waals surface area contributed by atoms with E-state index in [0.29, 0.717) is 0 Å². The van der Waals surface area contributed by atoms with Crippen molar-refractivity contribution < 1.29 is 4.74 Å². The molecule has 1 aromatic carbocycles. The third-order valence-corrected chi connectivity index (χ3v) is 5.42. The minimum Gasteiger partial charge on any atom is -0.497 e. The van der Waals surface area contributed by atoms with Crippen molar-refractivity contribution in [2.24, 2.45) is 11.7 Å². The fourth-order valence-electron chi connectivity index (χ4n) is 3.71. The monoisotopic (exact) mass is 290 g/mol. The molecule has 21 heavy (non-hydrogen) atoms. The quantitative estimate of drug-likeness (QED) is 0.922. The molecular weight excluding hydrogens is 260 g/mol. The van der Waals surface area contributed by atoms with Gasteiger partial charge in [-0.25, -0.2) is 0 Å². The van der Waals surface area contributed by atoms with Crippen LogP contribution in [0, 0.1) is 12.8 Å². The smallest absolute Gasteiger partial charge is 0.119 e. The number of ether oxygens (including phenoxy) is 1. The maximum atomic E-state index is 6.76. The van der Waals surface area contributed by atoms with E-state index in [1.54, 1.807) is 7.11 Å². The molecule has 118 valence electrons. The standard InChI is InChI=1S/C18H30N2O/c1-13-8-10-18(11-9-13,20(3)4)17(19)16-7-6-15(21-5)12-14(16)2/h6-7,12-13,17H,8-11,19H2,1-5H3. The van der Waals surface area contributed by atoms with Crippen LogP contribution >= 0.6 is 0 Å². The van der Waals surface area contributed by atoms with E-state index in [0.717, 1.165) is 11.7 Å². The van der Waals surface area contributed by atoms with Gasteiger partial charge in [-0.1, -0.05) is 13.0 Å². The fourth-order valence-corrected chi connectivity index (χ4v) is 3.71. The second-order valence-corrected chi connectivity index (χ2v) is 6.88. The van der Waals surface area contributed by atoms with Gasteiger partial charge in [0.15, 0.2) is 0 Å². The van der Waals surface area contributed by atoms with Crippen LogP contribution in [0.4, 0.5) is 0 Å². The van der Waals surface area contributed by atoms with E-state index in [9.17, 15) is 0 Å². The van der Waals surface area contributed by atoms with Gasteiger partial charge in [0.1, 0.15) is 5.75 Å². The molecule has 0 aromatic heterocycles. The van der Waals surface area contributed by atoms with Crippen molar-refractivity contribution >= 4 is 0 Å². The molecule has 1 aromatic rings. The van der Waals surface area contributed by atoms with Crippen LogP contribution in [0.2, 0.25) is 0 Å². The second-order valence-electron chi connectivity index (χ2n) is 6.88. The van der Waals surface area contributed by atoms with Gasteiger partial charge in [0.25, 0.3) is 0 Å². The summed E-state index contributed by atoms with van der Waals surface area (Å²) in [6.45, 7) is 4.48. The van der Waals surface area contributed by atoms with Crippen LogP contribution in [0.3, 0.4) is 0 Å². The third-order valence-electron chi connectivity index (χ3n) is 5.42. The molecule has 0 bridgehead atoms. The van der Waals surface area contributed by atoms with Crippen molar-refractivity contribution in [1.29, 1.82) is 0 Å². The van der Waals surface area contributed by atoms with Crippen molar-refractivity contribution in [1.82, 2.24) is 4.90 Å². The summed E-state index contributed by atoms with van der Waals surface area (Å²) < 4.78 is 5.31. The molecule has 3 heteroatoms. The van der Waals surface area contributed by atoms with Crippen LogP contribution in [0.25, 0.3) is 0 Å². The van der Waals surface area contributed by atoms with Crippen molar-refractivity contribution in [3.63, 3.8) is 0 Å². The molecule has 0 saturated heterocycles. The van der Waals surface area contributed by atoms with Crippen molar-refractivity contribution in [2.45, 2.75) is 51.1 Å². The average Bonchev–Trinajstić information content (AvgIpc) is 2.47. The molecule has 1 fully saturated rings. The van der Waals surface area contributed by atoms with Crippen LogP contribution in [0.5, 0.6) is 5.75 Å². The number of rotatable bonds is 4. The highest BCUT2D eigenvalue weighted by Gasteiger charge is 2.42.